The Morgan fingerprint density at radius 3 is 2.88 bits per heavy atom. The van der Waals surface area contributed by atoms with E-state index in [4.69, 9.17) is 11.6 Å². The number of pyridine rings is 1. The van der Waals surface area contributed by atoms with Crippen LogP contribution < -0.4 is 11.0 Å². The highest BCUT2D eigenvalue weighted by atomic mass is 35.5. The number of nitrogens with one attached hydrogen (secondary N) is 1. The van der Waals surface area contributed by atoms with Crippen molar-refractivity contribution in [3.8, 4) is 5.69 Å². The highest BCUT2D eigenvalue weighted by molar-refractivity contribution is 6.31. The monoisotopic (exact) mass is 369 g/mol. The molecule has 1 amide bonds. The second kappa shape index (κ2) is 6.45. The lowest BCUT2D eigenvalue weighted by Crippen LogP contribution is -2.28. The van der Waals surface area contributed by atoms with E-state index in [9.17, 15) is 9.59 Å². The van der Waals surface area contributed by atoms with Crippen LogP contribution in [-0.4, -0.2) is 34.9 Å². The molecule has 0 aliphatic carbocycles. The molecule has 0 aliphatic rings. The number of amides is 1. The standard InChI is InChI=1S/C16H12ClN7O2/c17-11-4-5-13(24-10-18-9-19-24)12(7-11)20-15(25)8-23-16(26)22-6-2-1-3-14(22)21-23/h1-7,9-10H,8H2,(H,20,25). The fourth-order valence-electron chi connectivity index (χ4n) is 2.54. The van der Waals surface area contributed by atoms with Crippen LogP contribution in [0.5, 0.6) is 0 Å². The lowest BCUT2D eigenvalue weighted by Gasteiger charge is -2.11. The topological polar surface area (TPSA) is 99.1 Å². The van der Waals surface area contributed by atoms with Crippen molar-refractivity contribution in [2.45, 2.75) is 6.54 Å². The summed E-state index contributed by atoms with van der Waals surface area (Å²) in [4.78, 5) is 28.6. The number of hydrogen-bond acceptors (Lipinski definition) is 5. The fourth-order valence-corrected chi connectivity index (χ4v) is 2.71. The minimum Gasteiger partial charge on any atom is -0.323 e. The van der Waals surface area contributed by atoms with Crippen molar-refractivity contribution >= 4 is 28.8 Å². The highest BCUT2D eigenvalue weighted by Gasteiger charge is 2.13. The van der Waals surface area contributed by atoms with E-state index in [1.165, 1.54) is 21.7 Å². The van der Waals surface area contributed by atoms with E-state index in [0.717, 1.165) is 4.68 Å². The summed E-state index contributed by atoms with van der Waals surface area (Å²) in [5.41, 5.74) is 1.13. The molecule has 0 saturated carbocycles. The summed E-state index contributed by atoms with van der Waals surface area (Å²) >= 11 is 6.03. The number of rotatable bonds is 4. The maximum atomic E-state index is 12.4. The van der Waals surface area contributed by atoms with Gasteiger partial charge in [-0.2, -0.15) is 5.10 Å². The van der Waals surface area contributed by atoms with E-state index < -0.39 is 11.6 Å². The third-order valence-electron chi connectivity index (χ3n) is 3.68. The number of hydrogen-bond donors (Lipinski definition) is 1. The maximum absolute atomic E-state index is 12.4. The SMILES string of the molecule is O=C(Cn1nc2ccccn2c1=O)Nc1cc(Cl)ccc1-n1cncn1. The van der Waals surface area contributed by atoms with E-state index in [1.807, 2.05) is 0 Å². The molecule has 1 aromatic carbocycles. The van der Waals surface area contributed by atoms with Gasteiger partial charge < -0.3 is 5.32 Å². The van der Waals surface area contributed by atoms with Gasteiger partial charge in [0.05, 0.1) is 11.4 Å². The van der Waals surface area contributed by atoms with Gasteiger partial charge >= 0.3 is 5.69 Å². The second-order valence-electron chi connectivity index (χ2n) is 5.42. The van der Waals surface area contributed by atoms with Crippen LogP contribution in [0.25, 0.3) is 11.3 Å². The molecule has 1 N–H and O–H groups in total. The third kappa shape index (κ3) is 2.95. The molecule has 26 heavy (non-hydrogen) atoms. The van der Waals surface area contributed by atoms with E-state index >= 15 is 0 Å². The van der Waals surface area contributed by atoms with Gasteiger partial charge in [-0.3, -0.25) is 9.20 Å². The van der Waals surface area contributed by atoms with Crippen molar-refractivity contribution < 1.29 is 4.79 Å². The fraction of sp³-hybridized carbons (Fsp3) is 0.0625. The van der Waals surface area contributed by atoms with Gasteiger partial charge in [0.2, 0.25) is 5.91 Å². The van der Waals surface area contributed by atoms with Gasteiger partial charge in [-0.05, 0) is 30.3 Å². The molecule has 0 unspecified atom stereocenters. The summed E-state index contributed by atoms with van der Waals surface area (Å²) in [6.45, 7) is -0.232. The van der Waals surface area contributed by atoms with Crippen molar-refractivity contribution in [2.75, 3.05) is 5.32 Å². The van der Waals surface area contributed by atoms with Gasteiger partial charge in [-0.15, -0.1) is 5.10 Å². The largest absolute Gasteiger partial charge is 0.350 e. The molecule has 3 heterocycles. The summed E-state index contributed by atoms with van der Waals surface area (Å²) in [5.74, 6) is -0.417. The predicted octanol–water partition coefficient (Wildman–Crippen LogP) is 1.37. The highest BCUT2D eigenvalue weighted by Crippen LogP contribution is 2.23. The zero-order valence-electron chi connectivity index (χ0n) is 13.3. The first-order chi connectivity index (χ1) is 12.6. The van der Waals surface area contributed by atoms with E-state index in [-0.39, 0.29) is 6.54 Å². The molecule has 3 aromatic heterocycles. The van der Waals surface area contributed by atoms with Gasteiger partial charge in [-0.25, -0.2) is 19.1 Å². The zero-order chi connectivity index (χ0) is 18.1. The quantitative estimate of drug-likeness (QED) is 0.585. The lowest BCUT2D eigenvalue weighted by atomic mass is 10.2. The Morgan fingerprint density at radius 1 is 1.23 bits per heavy atom. The van der Waals surface area contributed by atoms with Crippen molar-refractivity contribution in [3.05, 3.63) is 70.8 Å². The Kier molecular flexibility index (Phi) is 3.98. The second-order valence-corrected chi connectivity index (χ2v) is 5.86. The average molecular weight is 370 g/mol. The summed E-state index contributed by atoms with van der Waals surface area (Å²) < 4.78 is 3.97. The molecular formula is C16H12ClN7O2. The van der Waals surface area contributed by atoms with Gasteiger partial charge in [0, 0.05) is 11.2 Å². The average Bonchev–Trinajstić information content (AvgIpc) is 3.25. The van der Waals surface area contributed by atoms with Crippen LogP contribution in [-0.2, 0) is 11.3 Å². The molecule has 0 radical (unpaired) electrons. The van der Waals surface area contributed by atoms with Crippen LogP contribution in [0.15, 0.2) is 60.0 Å². The van der Waals surface area contributed by atoms with E-state index in [2.05, 4.69) is 20.5 Å². The van der Waals surface area contributed by atoms with Gasteiger partial charge in [0.1, 0.15) is 19.2 Å². The molecule has 130 valence electrons. The first-order valence-electron chi connectivity index (χ1n) is 7.60. The molecule has 0 atom stereocenters. The number of nitrogens with zero attached hydrogens (tertiary/aromatic N) is 6. The predicted molar refractivity (Wildman–Crippen MR) is 94.5 cm³/mol. The molecule has 0 aliphatic heterocycles. The minimum atomic E-state index is -0.417. The maximum Gasteiger partial charge on any atom is 0.350 e. The molecule has 4 rings (SSSR count). The Labute approximate surface area is 151 Å². The Balaban J connectivity index is 1.61. The number of aromatic nitrogens is 6. The van der Waals surface area contributed by atoms with Crippen LogP contribution >= 0.6 is 11.6 Å². The van der Waals surface area contributed by atoms with E-state index in [0.29, 0.717) is 22.0 Å². The number of benzene rings is 1. The van der Waals surface area contributed by atoms with Crippen molar-refractivity contribution in [1.29, 1.82) is 0 Å². The molecule has 9 nitrogen and oxygen atoms in total. The Hall–Kier alpha value is -3.46. The molecule has 0 bridgehead atoms. The van der Waals surface area contributed by atoms with Gasteiger partial charge in [0.15, 0.2) is 5.65 Å². The number of carbonyl (C=O) groups excluding carboxylic acids is 1. The van der Waals surface area contributed by atoms with Crippen molar-refractivity contribution in [1.82, 2.24) is 28.9 Å². The molecule has 4 aromatic rings. The number of halogens is 1. The van der Waals surface area contributed by atoms with Crippen LogP contribution in [0.4, 0.5) is 5.69 Å². The van der Waals surface area contributed by atoms with Gasteiger partial charge in [0.25, 0.3) is 0 Å². The van der Waals surface area contributed by atoms with E-state index in [1.54, 1.807) is 42.6 Å². The molecule has 10 heteroatoms. The number of anilines is 1. The van der Waals surface area contributed by atoms with Gasteiger partial charge in [-0.1, -0.05) is 17.7 Å². The first kappa shape index (κ1) is 16.0. The molecule has 0 fully saturated rings. The lowest BCUT2D eigenvalue weighted by molar-refractivity contribution is -0.117. The molecule has 0 spiro atoms. The van der Waals surface area contributed by atoms with Crippen LogP contribution in [0.2, 0.25) is 5.02 Å². The summed E-state index contributed by atoms with van der Waals surface area (Å²) in [7, 11) is 0. The minimum absolute atomic E-state index is 0.232. The Morgan fingerprint density at radius 2 is 2.12 bits per heavy atom. The number of carbonyl (C=O) groups is 1. The summed E-state index contributed by atoms with van der Waals surface area (Å²) in [6.07, 6.45) is 4.49. The van der Waals surface area contributed by atoms with Crippen molar-refractivity contribution in [3.63, 3.8) is 0 Å². The third-order valence-corrected chi connectivity index (χ3v) is 3.92. The zero-order valence-corrected chi connectivity index (χ0v) is 14.0. The Bertz CT molecular complexity index is 1150. The molecule has 0 saturated heterocycles. The normalized spacial score (nSPS) is 11.0. The van der Waals surface area contributed by atoms with Crippen molar-refractivity contribution in [2.24, 2.45) is 0 Å². The summed E-state index contributed by atoms with van der Waals surface area (Å²) in [5, 5.41) is 11.4. The molecular weight excluding hydrogens is 358 g/mol. The number of fused-ring (bicyclic) bond motifs is 1. The smallest absolute Gasteiger partial charge is 0.323 e. The summed E-state index contributed by atoms with van der Waals surface area (Å²) in [6, 6.07) is 10.2. The van der Waals surface area contributed by atoms with Crippen LogP contribution in [0.1, 0.15) is 0 Å². The van der Waals surface area contributed by atoms with Crippen LogP contribution in [0, 0.1) is 0 Å². The first-order valence-corrected chi connectivity index (χ1v) is 7.98. The van der Waals surface area contributed by atoms with Crippen LogP contribution in [0.3, 0.4) is 0 Å².